The van der Waals surface area contributed by atoms with Crippen molar-refractivity contribution in [3.63, 3.8) is 0 Å². The third-order valence-corrected chi connectivity index (χ3v) is 5.65. The second-order valence-corrected chi connectivity index (χ2v) is 8.82. The van der Waals surface area contributed by atoms with Gasteiger partial charge in [-0.1, -0.05) is 24.3 Å². The molecule has 1 saturated carbocycles. The molecule has 4 rings (SSSR count). The van der Waals surface area contributed by atoms with E-state index in [9.17, 15) is 0 Å². The Bertz CT molecular complexity index is 810. The van der Waals surface area contributed by atoms with Crippen LogP contribution in [0, 0.1) is 0 Å². The number of nitrogens with zero attached hydrogens (tertiary/aromatic N) is 4. The summed E-state index contributed by atoms with van der Waals surface area (Å²) in [6, 6.07) is 11.0. The van der Waals surface area contributed by atoms with E-state index >= 15 is 0 Å². The first kappa shape index (κ1) is 18.2. The minimum absolute atomic E-state index is 0.0322. The Morgan fingerprint density at radius 3 is 2.59 bits per heavy atom. The summed E-state index contributed by atoms with van der Waals surface area (Å²) in [4.78, 5) is 14.4. The molecule has 2 aromatic rings. The van der Waals surface area contributed by atoms with Gasteiger partial charge in [0, 0.05) is 37.2 Å². The van der Waals surface area contributed by atoms with E-state index in [0.717, 1.165) is 37.8 Å². The van der Waals surface area contributed by atoms with E-state index in [1.165, 1.54) is 29.7 Å². The zero-order chi connectivity index (χ0) is 19.0. The number of nitrogens with one attached hydrogen (secondary N) is 1. The summed E-state index contributed by atoms with van der Waals surface area (Å²) in [5, 5.41) is 3.43. The van der Waals surface area contributed by atoms with Gasteiger partial charge in [0.2, 0.25) is 5.95 Å². The average molecular weight is 366 g/mol. The van der Waals surface area contributed by atoms with E-state index < -0.39 is 0 Å². The highest BCUT2D eigenvalue weighted by atomic mass is 15.3. The van der Waals surface area contributed by atoms with Gasteiger partial charge >= 0.3 is 0 Å². The summed E-state index contributed by atoms with van der Waals surface area (Å²) in [7, 11) is 4.17. The molecule has 1 N–H and O–H groups in total. The first-order valence-corrected chi connectivity index (χ1v) is 10.0. The summed E-state index contributed by atoms with van der Waals surface area (Å²) in [6.45, 7) is 7.37. The Kier molecular flexibility index (Phi) is 4.81. The Balaban J connectivity index is 1.64. The second-order valence-electron chi connectivity index (χ2n) is 8.82. The van der Waals surface area contributed by atoms with Crippen molar-refractivity contribution in [3.8, 4) is 0 Å². The standard InChI is InChI=1S/C22H31N5/c1-22(2)14-17-7-5-6-8-18(17)15-27(22)20-13-19(16-9-10-16)24-21(25-20)23-11-12-26(3)4/h5-8,13,16H,9-12,14-15H2,1-4H3,(H,23,24,25). The highest BCUT2D eigenvalue weighted by Crippen LogP contribution is 2.41. The molecule has 0 atom stereocenters. The lowest BCUT2D eigenvalue weighted by Gasteiger charge is -2.44. The topological polar surface area (TPSA) is 44.3 Å². The highest BCUT2D eigenvalue weighted by molar-refractivity contribution is 5.52. The molecule has 5 heteroatoms. The lowest BCUT2D eigenvalue weighted by Crippen LogP contribution is -2.49. The van der Waals surface area contributed by atoms with Crippen LogP contribution >= 0.6 is 0 Å². The number of benzene rings is 1. The van der Waals surface area contributed by atoms with Crippen molar-refractivity contribution in [1.29, 1.82) is 0 Å². The maximum atomic E-state index is 4.92. The molecule has 1 aliphatic carbocycles. The van der Waals surface area contributed by atoms with Gasteiger partial charge in [0.05, 0.1) is 5.69 Å². The summed E-state index contributed by atoms with van der Waals surface area (Å²) >= 11 is 0. The minimum atomic E-state index is 0.0322. The number of likely N-dealkylation sites (N-methyl/N-ethyl adjacent to an activating group) is 1. The van der Waals surface area contributed by atoms with Gasteiger partial charge in [-0.15, -0.1) is 0 Å². The first-order chi connectivity index (χ1) is 12.9. The summed E-state index contributed by atoms with van der Waals surface area (Å²) in [5.74, 6) is 2.44. The zero-order valence-electron chi connectivity index (χ0n) is 17.0. The molecule has 1 aromatic carbocycles. The van der Waals surface area contributed by atoms with Gasteiger partial charge in [-0.25, -0.2) is 4.98 Å². The van der Waals surface area contributed by atoms with E-state index in [1.54, 1.807) is 0 Å². The molecule has 2 aliphatic rings. The maximum Gasteiger partial charge on any atom is 0.224 e. The second kappa shape index (κ2) is 7.12. The molecule has 0 radical (unpaired) electrons. The van der Waals surface area contributed by atoms with Crippen LogP contribution in [-0.4, -0.2) is 47.6 Å². The molecule has 1 aromatic heterocycles. The SMILES string of the molecule is CN(C)CCNc1nc(C2CC2)cc(N2Cc3ccccc3CC2(C)C)n1. The lowest BCUT2D eigenvalue weighted by atomic mass is 9.85. The van der Waals surface area contributed by atoms with Crippen molar-refractivity contribution in [2.24, 2.45) is 0 Å². The molecule has 2 heterocycles. The van der Waals surface area contributed by atoms with Crippen LogP contribution in [0.1, 0.15) is 49.4 Å². The molecule has 0 saturated heterocycles. The van der Waals surface area contributed by atoms with Gasteiger partial charge in [0.1, 0.15) is 5.82 Å². The van der Waals surface area contributed by atoms with Crippen LogP contribution in [-0.2, 0) is 13.0 Å². The third-order valence-electron chi connectivity index (χ3n) is 5.65. The predicted octanol–water partition coefficient (Wildman–Crippen LogP) is 3.67. The predicted molar refractivity (Wildman–Crippen MR) is 111 cm³/mol. The fraction of sp³-hybridized carbons (Fsp3) is 0.545. The molecular weight excluding hydrogens is 334 g/mol. The Hall–Kier alpha value is -2.14. The average Bonchev–Trinajstić information content (AvgIpc) is 3.45. The molecule has 144 valence electrons. The van der Waals surface area contributed by atoms with Gasteiger partial charge in [0.15, 0.2) is 0 Å². The van der Waals surface area contributed by atoms with Crippen molar-refractivity contribution in [2.75, 3.05) is 37.4 Å². The monoisotopic (exact) mass is 365 g/mol. The fourth-order valence-electron chi connectivity index (χ4n) is 3.87. The van der Waals surface area contributed by atoms with Crippen LogP contribution in [0.5, 0.6) is 0 Å². The van der Waals surface area contributed by atoms with Crippen molar-refractivity contribution >= 4 is 11.8 Å². The molecule has 0 spiro atoms. The van der Waals surface area contributed by atoms with Crippen LogP contribution < -0.4 is 10.2 Å². The molecule has 0 unspecified atom stereocenters. The van der Waals surface area contributed by atoms with E-state index in [4.69, 9.17) is 9.97 Å². The molecule has 0 bridgehead atoms. The van der Waals surface area contributed by atoms with Gasteiger partial charge in [-0.05, 0) is 58.3 Å². The van der Waals surface area contributed by atoms with E-state index in [-0.39, 0.29) is 5.54 Å². The van der Waals surface area contributed by atoms with Gasteiger partial charge < -0.3 is 15.1 Å². The minimum Gasteiger partial charge on any atom is -0.353 e. The van der Waals surface area contributed by atoms with Crippen molar-refractivity contribution < 1.29 is 0 Å². The summed E-state index contributed by atoms with van der Waals surface area (Å²) in [5.41, 5.74) is 4.09. The molecule has 0 amide bonds. The highest BCUT2D eigenvalue weighted by Gasteiger charge is 2.35. The smallest absolute Gasteiger partial charge is 0.224 e. The van der Waals surface area contributed by atoms with Crippen LogP contribution in [0.3, 0.4) is 0 Å². The van der Waals surface area contributed by atoms with Crippen molar-refractivity contribution in [1.82, 2.24) is 14.9 Å². The fourth-order valence-corrected chi connectivity index (χ4v) is 3.87. The number of fused-ring (bicyclic) bond motifs is 1. The Morgan fingerprint density at radius 2 is 1.89 bits per heavy atom. The van der Waals surface area contributed by atoms with Crippen molar-refractivity contribution in [2.45, 2.75) is 51.1 Å². The van der Waals surface area contributed by atoms with Crippen LogP contribution in [0.15, 0.2) is 30.3 Å². The van der Waals surface area contributed by atoms with Crippen LogP contribution in [0.2, 0.25) is 0 Å². The molecule has 5 nitrogen and oxygen atoms in total. The van der Waals surface area contributed by atoms with Gasteiger partial charge in [0.25, 0.3) is 0 Å². The summed E-state index contributed by atoms with van der Waals surface area (Å²) in [6.07, 6.45) is 3.54. The molecule has 1 fully saturated rings. The third kappa shape index (κ3) is 4.08. The molecular formula is C22H31N5. The number of hydrogen-bond acceptors (Lipinski definition) is 5. The van der Waals surface area contributed by atoms with E-state index in [1.807, 2.05) is 0 Å². The maximum absolute atomic E-state index is 4.92. The van der Waals surface area contributed by atoms with Gasteiger partial charge in [-0.3, -0.25) is 0 Å². The first-order valence-electron chi connectivity index (χ1n) is 10.0. The molecule has 1 aliphatic heterocycles. The molecule has 27 heavy (non-hydrogen) atoms. The summed E-state index contributed by atoms with van der Waals surface area (Å²) < 4.78 is 0. The normalized spacial score (nSPS) is 18.5. The van der Waals surface area contributed by atoms with Crippen LogP contribution in [0.25, 0.3) is 0 Å². The number of anilines is 2. The Morgan fingerprint density at radius 1 is 1.15 bits per heavy atom. The lowest BCUT2D eigenvalue weighted by molar-refractivity contribution is 0.423. The van der Waals surface area contributed by atoms with Crippen molar-refractivity contribution in [3.05, 3.63) is 47.2 Å². The van der Waals surface area contributed by atoms with E-state index in [2.05, 4.69) is 73.4 Å². The van der Waals surface area contributed by atoms with Crippen LogP contribution in [0.4, 0.5) is 11.8 Å². The van der Waals surface area contributed by atoms with Gasteiger partial charge in [-0.2, -0.15) is 4.98 Å². The zero-order valence-corrected chi connectivity index (χ0v) is 17.0. The number of rotatable bonds is 6. The largest absolute Gasteiger partial charge is 0.353 e. The Labute approximate surface area is 162 Å². The number of aromatic nitrogens is 2. The quantitative estimate of drug-likeness (QED) is 0.846. The number of hydrogen-bond donors (Lipinski definition) is 1. The van der Waals surface area contributed by atoms with E-state index in [0.29, 0.717) is 5.92 Å².